The topological polar surface area (TPSA) is 81.4 Å². The van der Waals surface area contributed by atoms with Gasteiger partial charge in [0.2, 0.25) is 10.0 Å². The molecule has 0 fully saturated rings. The van der Waals surface area contributed by atoms with E-state index in [1.165, 1.54) is 13.2 Å². The van der Waals surface area contributed by atoms with E-state index in [0.29, 0.717) is 29.7 Å². The molecule has 18 heavy (non-hydrogen) atoms. The maximum atomic E-state index is 12.1. The summed E-state index contributed by atoms with van der Waals surface area (Å²) in [5, 5.41) is 0. The molecule has 1 aromatic rings. The Bertz CT molecular complexity index is 491. The molecule has 0 bridgehead atoms. The lowest BCUT2D eigenvalue weighted by molar-refractivity contribution is 0.402. The van der Waals surface area contributed by atoms with E-state index in [1.54, 1.807) is 12.1 Å². The van der Waals surface area contributed by atoms with Crippen molar-refractivity contribution in [1.82, 2.24) is 4.72 Å². The number of nitrogens with two attached hydrogens (primary N) is 1. The molecule has 0 aliphatic heterocycles. The second-order valence-electron chi connectivity index (χ2n) is 3.69. The largest absolute Gasteiger partial charge is 0.495 e. The highest BCUT2D eigenvalue weighted by Gasteiger charge is 2.19. The number of rotatable bonds is 7. The molecule has 0 aromatic heterocycles. The number of unbranched alkanes of at least 4 members (excludes halogenated alkanes) is 1. The van der Waals surface area contributed by atoms with Crippen molar-refractivity contribution in [3.05, 3.63) is 22.7 Å². The number of benzene rings is 1. The van der Waals surface area contributed by atoms with Gasteiger partial charge < -0.3 is 10.5 Å². The number of ether oxygens (including phenoxy) is 1. The molecule has 0 heterocycles. The normalized spacial score (nSPS) is 11.5. The maximum absolute atomic E-state index is 12.1. The molecule has 3 N–H and O–H groups in total. The van der Waals surface area contributed by atoms with Gasteiger partial charge in [0, 0.05) is 11.0 Å². The summed E-state index contributed by atoms with van der Waals surface area (Å²) in [6.45, 7) is 0.928. The van der Waals surface area contributed by atoms with Crippen LogP contribution in [0, 0.1) is 0 Å². The van der Waals surface area contributed by atoms with Crippen LogP contribution in [0.5, 0.6) is 5.75 Å². The standard InChI is InChI=1S/C11H17BrN2O3S/c1-17-10-5-4-9(12)8-11(10)18(15,16)14-7-3-2-6-13/h4-5,8,14H,2-3,6-7,13H2,1H3. The van der Waals surface area contributed by atoms with E-state index in [0.717, 1.165) is 6.42 Å². The average Bonchev–Trinajstić information content (AvgIpc) is 2.35. The van der Waals surface area contributed by atoms with E-state index in [4.69, 9.17) is 10.5 Å². The van der Waals surface area contributed by atoms with Gasteiger partial charge >= 0.3 is 0 Å². The van der Waals surface area contributed by atoms with Gasteiger partial charge in [-0.1, -0.05) is 15.9 Å². The van der Waals surface area contributed by atoms with E-state index in [1.807, 2.05) is 0 Å². The first kappa shape index (κ1) is 15.4. The van der Waals surface area contributed by atoms with Gasteiger partial charge in [-0.15, -0.1) is 0 Å². The highest BCUT2D eigenvalue weighted by molar-refractivity contribution is 9.10. The summed E-state index contributed by atoms with van der Waals surface area (Å²) < 4.78 is 32.4. The summed E-state index contributed by atoms with van der Waals surface area (Å²) in [6.07, 6.45) is 1.50. The minimum Gasteiger partial charge on any atom is -0.495 e. The Balaban J connectivity index is 2.87. The Kier molecular flexibility index (Phi) is 6.07. The van der Waals surface area contributed by atoms with Crippen LogP contribution in [0.2, 0.25) is 0 Å². The zero-order valence-electron chi connectivity index (χ0n) is 10.1. The molecule has 0 saturated carbocycles. The third-order valence-electron chi connectivity index (χ3n) is 2.34. The molecule has 0 amide bonds. The zero-order valence-corrected chi connectivity index (χ0v) is 12.6. The molecule has 7 heteroatoms. The van der Waals surface area contributed by atoms with Crippen molar-refractivity contribution >= 4 is 26.0 Å². The number of nitrogens with one attached hydrogen (secondary N) is 1. The van der Waals surface area contributed by atoms with Crippen molar-refractivity contribution < 1.29 is 13.2 Å². The van der Waals surface area contributed by atoms with E-state index < -0.39 is 10.0 Å². The SMILES string of the molecule is COc1ccc(Br)cc1S(=O)(=O)NCCCCN. The lowest BCUT2D eigenvalue weighted by atomic mass is 10.3. The minimum atomic E-state index is -3.55. The van der Waals surface area contributed by atoms with Crippen LogP contribution >= 0.6 is 15.9 Å². The molecule has 102 valence electrons. The lowest BCUT2D eigenvalue weighted by Gasteiger charge is -2.10. The molecule has 1 rings (SSSR count). The van der Waals surface area contributed by atoms with Crippen LogP contribution in [-0.4, -0.2) is 28.6 Å². The highest BCUT2D eigenvalue weighted by Crippen LogP contribution is 2.26. The first-order valence-corrected chi connectivity index (χ1v) is 7.82. The maximum Gasteiger partial charge on any atom is 0.244 e. The fourth-order valence-corrected chi connectivity index (χ4v) is 3.19. The summed E-state index contributed by atoms with van der Waals surface area (Å²) in [6, 6.07) is 4.86. The third kappa shape index (κ3) is 4.24. The van der Waals surface area contributed by atoms with Gasteiger partial charge in [-0.2, -0.15) is 0 Å². The van der Waals surface area contributed by atoms with Crippen molar-refractivity contribution in [1.29, 1.82) is 0 Å². The molecule has 0 atom stereocenters. The molecule has 0 radical (unpaired) electrons. The number of hydrogen-bond acceptors (Lipinski definition) is 4. The summed E-state index contributed by atoms with van der Waals surface area (Å²) in [5.41, 5.74) is 5.35. The Morgan fingerprint density at radius 1 is 1.39 bits per heavy atom. The first-order valence-electron chi connectivity index (χ1n) is 5.54. The number of sulfonamides is 1. The average molecular weight is 337 g/mol. The van der Waals surface area contributed by atoms with Crippen molar-refractivity contribution in [2.75, 3.05) is 20.2 Å². The van der Waals surface area contributed by atoms with Gasteiger partial charge in [0.25, 0.3) is 0 Å². The van der Waals surface area contributed by atoms with Crippen LogP contribution in [0.25, 0.3) is 0 Å². The summed E-state index contributed by atoms with van der Waals surface area (Å²) in [5.74, 6) is 0.324. The van der Waals surface area contributed by atoms with Crippen LogP contribution in [0.15, 0.2) is 27.6 Å². The monoisotopic (exact) mass is 336 g/mol. The van der Waals surface area contributed by atoms with Crippen molar-refractivity contribution in [2.24, 2.45) is 5.73 Å². The molecular formula is C11H17BrN2O3S. The van der Waals surface area contributed by atoms with Crippen LogP contribution in [0.3, 0.4) is 0 Å². The smallest absolute Gasteiger partial charge is 0.244 e. The molecule has 0 unspecified atom stereocenters. The van der Waals surface area contributed by atoms with Crippen molar-refractivity contribution in [3.8, 4) is 5.75 Å². The van der Waals surface area contributed by atoms with Crippen molar-refractivity contribution in [3.63, 3.8) is 0 Å². The summed E-state index contributed by atoms with van der Waals surface area (Å²) in [7, 11) is -2.11. The number of methoxy groups -OCH3 is 1. The van der Waals surface area contributed by atoms with Gasteiger partial charge in [0.1, 0.15) is 10.6 Å². The highest BCUT2D eigenvalue weighted by atomic mass is 79.9. The van der Waals surface area contributed by atoms with Gasteiger partial charge in [0.15, 0.2) is 0 Å². The van der Waals surface area contributed by atoms with E-state index >= 15 is 0 Å². The minimum absolute atomic E-state index is 0.132. The van der Waals surface area contributed by atoms with Crippen LogP contribution in [-0.2, 0) is 10.0 Å². The van der Waals surface area contributed by atoms with Gasteiger partial charge in [-0.25, -0.2) is 13.1 Å². The molecule has 1 aromatic carbocycles. The molecule has 0 spiro atoms. The van der Waals surface area contributed by atoms with E-state index in [2.05, 4.69) is 20.7 Å². The second kappa shape index (κ2) is 7.08. The van der Waals surface area contributed by atoms with Crippen LogP contribution in [0.1, 0.15) is 12.8 Å². The predicted octanol–water partition coefficient (Wildman–Crippen LogP) is 1.47. The van der Waals surface area contributed by atoms with Gasteiger partial charge in [0.05, 0.1) is 7.11 Å². The summed E-state index contributed by atoms with van der Waals surface area (Å²) >= 11 is 3.25. The Hall–Kier alpha value is -0.630. The lowest BCUT2D eigenvalue weighted by Crippen LogP contribution is -2.25. The fraction of sp³-hybridized carbons (Fsp3) is 0.455. The number of halogens is 1. The second-order valence-corrected chi connectivity index (χ2v) is 6.34. The van der Waals surface area contributed by atoms with E-state index in [9.17, 15) is 8.42 Å². The fourth-order valence-electron chi connectivity index (χ4n) is 1.41. The number of hydrogen-bond donors (Lipinski definition) is 2. The first-order chi connectivity index (χ1) is 8.51. The molecule has 0 aliphatic carbocycles. The van der Waals surface area contributed by atoms with Crippen LogP contribution in [0.4, 0.5) is 0 Å². The van der Waals surface area contributed by atoms with E-state index in [-0.39, 0.29) is 4.90 Å². The Labute approximate surface area is 116 Å². The molecule has 0 aliphatic rings. The third-order valence-corrected chi connectivity index (χ3v) is 4.31. The zero-order chi connectivity index (χ0) is 13.6. The molecule has 5 nitrogen and oxygen atoms in total. The Morgan fingerprint density at radius 3 is 2.72 bits per heavy atom. The Morgan fingerprint density at radius 2 is 2.11 bits per heavy atom. The summed E-state index contributed by atoms with van der Waals surface area (Å²) in [4.78, 5) is 0.132. The molecule has 0 saturated heterocycles. The van der Waals surface area contributed by atoms with Gasteiger partial charge in [-0.05, 0) is 37.6 Å². The quantitative estimate of drug-likeness (QED) is 0.739. The molecular weight excluding hydrogens is 320 g/mol. The van der Waals surface area contributed by atoms with Crippen molar-refractivity contribution in [2.45, 2.75) is 17.7 Å². The predicted molar refractivity (Wildman–Crippen MR) is 74.2 cm³/mol. The van der Waals surface area contributed by atoms with Crippen LogP contribution < -0.4 is 15.2 Å². The van der Waals surface area contributed by atoms with Gasteiger partial charge in [-0.3, -0.25) is 0 Å².